The van der Waals surface area contributed by atoms with Gasteiger partial charge in [-0.25, -0.2) is 4.98 Å². The highest BCUT2D eigenvalue weighted by Crippen LogP contribution is 2.27. The number of nitrogens with zero attached hydrogens (tertiary/aromatic N) is 1. The second kappa shape index (κ2) is 7.56. The Hall–Kier alpha value is -1.55. The van der Waals surface area contributed by atoms with Gasteiger partial charge in [-0.05, 0) is 56.9 Å². The first-order chi connectivity index (χ1) is 11.5. The minimum Gasteiger partial charge on any atom is -0.353 e. The molecule has 24 heavy (non-hydrogen) atoms. The summed E-state index contributed by atoms with van der Waals surface area (Å²) in [6, 6.07) is 6.83. The van der Waals surface area contributed by atoms with E-state index in [1.807, 2.05) is 0 Å². The molecule has 1 amide bonds. The van der Waals surface area contributed by atoms with Crippen molar-refractivity contribution in [1.82, 2.24) is 10.3 Å². The molecular weight excluding hydrogens is 316 g/mol. The Bertz CT molecular complexity index is 751. The van der Waals surface area contributed by atoms with E-state index in [0.717, 1.165) is 23.4 Å². The van der Waals surface area contributed by atoms with Gasteiger partial charge in [0, 0.05) is 11.4 Å². The van der Waals surface area contributed by atoms with E-state index in [2.05, 4.69) is 44.3 Å². The predicted molar refractivity (Wildman–Crippen MR) is 102 cm³/mol. The molecule has 2 aromatic rings. The van der Waals surface area contributed by atoms with Gasteiger partial charge in [0.1, 0.15) is 0 Å². The number of benzene rings is 1. The molecule has 4 heteroatoms. The number of amides is 1. The van der Waals surface area contributed by atoms with Crippen LogP contribution in [0.15, 0.2) is 23.2 Å². The van der Waals surface area contributed by atoms with Crippen molar-refractivity contribution in [3.8, 4) is 0 Å². The SMILES string of the molecule is Cc1cc(C)c2nc(SCC(=O)NC3CCCCC3)cc(C)c2c1. The number of fused-ring (bicyclic) bond motifs is 1. The van der Waals surface area contributed by atoms with Crippen LogP contribution in [0.3, 0.4) is 0 Å². The molecule has 1 aliphatic carbocycles. The standard InChI is InChI=1S/C20H26N2OS/c1-13-9-15(3)20-17(10-13)14(2)11-19(22-20)24-12-18(23)21-16-7-5-4-6-8-16/h9-11,16H,4-8,12H2,1-3H3,(H,21,23). The Balaban J connectivity index is 1.68. The first-order valence-corrected chi connectivity index (χ1v) is 9.82. The topological polar surface area (TPSA) is 42.0 Å². The summed E-state index contributed by atoms with van der Waals surface area (Å²) in [4.78, 5) is 17.0. The summed E-state index contributed by atoms with van der Waals surface area (Å²) < 4.78 is 0. The quantitative estimate of drug-likeness (QED) is 0.819. The van der Waals surface area contributed by atoms with Gasteiger partial charge in [0.25, 0.3) is 0 Å². The van der Waals surface area contributed by atoms with Gasteiger partial charge >= 0.3 is 0 Å². The average molecular weight is 343 g/mol. The van der Waals surface area contributed by atoms with Crippen molar-refractivity contribution in [3.63, 3.8) is 0 Å². The van der Waals surface area contributed by atoms with Gasteiger partial charge in [-0.2, -0.15) is 0 Å². The average Bonchev–Trinajstić information content (AvgIpc) is 2.55. The lowest BCUT2D eigenvalue weighted by atomic mass is 9.95. The van der Waals surface area contributed by atoms with Crippen molar-refractivity contribution in [2.75, 3.05) is 5.75 Å². The number of aromatic nitrogens is 1. The monoisotopic (exact) mass is 342 g/mol. The fraction of sp³-hybridized carbons (Fsp3) is 0.500. The van der Waals surface area contributed by atoms with Crippen LogP contribution >= 0.6 is 11.8 Å². The summed E-state index contributed by atoms with van der Waals surface area (Å²) in [6.07, 6.45) is 6.04. The van der Waals surface area contributed by atoms with Crippen molar-refractivity contribution >= 4 is 28.6 Å². The first kappa shape index (κ1) is 17.3. The normalized spacial score (nSPS) is 15.6. The molecule has 0 bridgehead atoms. The minimum atomic E-state index is 0.132. The molecule has 0 saturated heterocycles. The number of carbonyl (C=O) groups excluding carboxylic acids is 1. The molecule has 1 N–H and O–H groups in total. The molecule has 0 aliphatic heterocycles. The van der Waals surface area contributed by atoms with Crippen LogP contribution in [0.25, 0.3) is 10.9 Å². The van der Waals surface area contributed by atoms with Gasteiger partial charge in [-0.3, -0.25) is 4.79 Å². The molecule has 3 rings (SSSR count). The third-order valence-electron chi connectivity index (χ3n) is 4.75. The molecule has 0 atom stereocenters. The Labute approximate surface area is 148 Å². The van der Waals surface area contributed by atoms with E-state index in [9.17, 15) is 4.79 Å². The van der Waals surface area contributed by atoms with E-state index >= 15 is 0 Å². The summed E-state index contributed by atoms with van der Waals surface area (Å²) in [6.45, 7) is 6.34. The third-order valence-corrected chi connectivity index (χ3v) is 5.66. The largest absolute Gasteiger partial charge is 0.353 e. The van der Waals surface area contributed by atoms with Crippen LogP contribution in [-0.4, -0.2) is 22.7 Å². The zero-order valence-corrected chi connectivity index (χ0v) is 15.6. The lowest BCUT2D eigenvalue weighted by Gasteiger charge is -2.22. The molecule has 0 radical (unpaired) electrons. The number of aryl methyl sites for hydroxylation is 3. The van der Waals surface area contributed by atoms with Crippen LogP contribution < -0.4 is 5.32 Å². The summed E-state index contributed by atoms with van der Waals surface area (Å²) in [5.41, 5.74) is 4.73. The van der Waals surface area contributed by atoms with Crippen LogP contribution in [0, 0.1) is 20.8 Å². The highest BCUT2D eigenvalue weighted by Gasteiger charge is 2.16. The maximum absolute atomic E-state index is 12.2. The van der Waals surface area contributed by atoms with Crippen molar-refractivity contribution in [1.29, 1.82) is 0 Å². The van der Waals surface area contributed by atoms with Crippen molar-refractivity contribution < 1.29 is 4.79 Å². The molecule has 128 valence electrons. The van der Waals surface area contributed by atoms with Crippen molar-refractivity contribution in [2.24, 2.45) is 0 Å². The van der Waals surface area contributed by atoms with Gasteiger partial charge in [-0.15, -0.1) is 0 Å². The second-order valence-electron chi connectivity index (χ2n) is 6.95. The minimum absolute atomic E-state index is 0.132. The maximum atomic E-state index is 12.2. The third kappa shape index (κ3) is 4.10. The summed E-state index contributed by atoms with van der Waals surface area (Å²) in [7, 11) is 0. The van der Waals surface area contributed by atoms with Crippen LogP contribution in [-0.2, 0) is 4.79 Å². The molecule has 3 nitrogen and oxygen atoms in total. The number of hydrogen-bond donors (Lipinski definition) is 1. The summed E-state index contributed by atoms with van der Waals surface area (Å²) >= 11 is 1.54. The lowest BCUT2D eigenvalue weighted by molar-refractivity contribution is -0.119. The van der Waals surface area contributed by atoms with Crippen molar-refractivity contribution in [2.45, 2.75) is 63.9 Å². The highest BCUT2D eigenvalue weighted by atomic mass is 32.2. The molecule has 1 aliphatic rings. The molecular formula is C20H26N2OS. The number of hydrogen-bond acceptors (Lipinski definition) is 3. The molecule has 0 spiro atoms. The molecule has 1 heterocycles. The Kier molecular flexibility index (Phi) is 5.44. The molecule has 1 fully saturated rings. The summed E-state index contributed by atoms with van der Waals surface area (Å²) in [5, 5.41) is 5.32. The van der Waals surface area contributed by atoms with Crippen LogP contribution in [0.1, 0.15) is 48.8 Å². The Morgan fingerprint density at radius 2 is 1.88 bits per heavy atom. The predicted octanol–water partition coefficient (Wildman–Crippen LogP) is 4.70. The molecule has 1 aromatic carbocycles. The number of nitrogens with one attached hydrogen (secondary N) is 1. The molecule has 0 unspecified atom stereocenters. The zero-order valence-electron chi connectivity index (χ0n) is 14.8. The van der Waals surface area contributed by atoms with E-state index in [-0.39, 0.29) is 5.91 Å². The Morgan fingerprint density at radius 1 is 1.12 bits per heavy atom. The van der Waals surface area contributed by atoms with Crippen LogP contribution in [0.5, 0.6) is 0 Å². The van der Waals surface area contributed by atoms with Crippen molar-refractivity contribution in [3.05, 3.63) is 34.9 Å². The zero-order chi connectivity index (χ0) is 17.1. The van der Waals surface area contributed by atoms with E-state index < -0.39 is 0 Å². The highest BCUT2D eigenvalue weighted by molar-refractivity contribution is 7.99. The smallest absolute Gasteiger partial charge is 0.230 e. The lowest BCUT2D eigenvalue weighted by Crippen LogP contribution is -2.37. The summed E-state index contributed by atoms with van der Waals surface area (Å²) in [5.74, 6) is 0.575. The van der Waals surface area contributed by atoms with Gasteiger partial charge in [-0.1, -0.05) is 42.7 Å². The Morgan fingerprint density at radius 3 is 2.62 bits per heavy atom. The first-order valence-electron chi connectivity index (χ1n) is 8.83. The molecule has 1 aromatic heterocycles. The number of pyridine rings is 1. The number of thioether (sulfide) groups is 1. The van der Waals surface area contributed by atoms with Gasteiger partial charge < -0.3 is 5.32 Å². The number of carbonyl (C=O) groups is 1. The second-order valence-corrected chi connectivity index (χ2v) is 7.94. The number of rotatable bonds is 4. The fourth-order valence-corrected chi connectivity index (χ4v) is 4.32. The van der Waals surface area contributed by atoms with Gasteiger partial charge in [0.15, 0.2) is 0 Å². The fourth-order valence-electron chi connectivity index (χ4n) is 3.54. The van der Waals surface area contributed by atoms with E-state index in [1.165, 1.54) is 53.1 Å². The van der Waals surface area contributed by atoms with E-state index in [4.69, 9.17) is 4.98 Å². The van der Waals surface area contributed by atoms with E-state index in [1.54, 1.807) is 0 Å². The van der Waals surface area contributed by atoms with Gasteiger partial charge in [0.2, 0.25) is 5.91 Å². The molecule has 1 saturated carbocycles. The van der Waals surface area contributed by atoms with E-state index in [0.29, 0.717) is 11.8 Å². The maximum Gasteiger partial charge on any atom is 0.230 e. The van der Waals surface area contributed by atoms with Gasteiger partial charge in [0.05, 0.1) is 16.3 Å². The van der Waals surface area contributed by atoms with Crippen LogP contribution in [0.2, 0.25) is 0 Å². The van der Waals surface area contributed by atoms with Crippen LogP contribution in [0.4, 0.5) is 0 Å².